The third kappa shape index (κ3) is 6.09. The van der Waals surface area contributed by atoms with Crippen LogP contribution in [-0.4, -0.2) is 25.8 Å². The minimum Gasteiger partial charge on any atom is -0.493 e. The number of methoxy groups -OCH3 is 1. The number of anilines is 2. The summed E-state index contributed by atoms with van der Waals surface area (Å²) in [4.78, 5) is 12.1. The van der Waals surface area contributed by atoms with E-state index < -0.39 is 0 Å². The molecule has 0 saturated heterocycles. The number of amides is 1. The van der Waals surface area contributed by atoms with E-state index in [0.29, 0.717) is 17.2 Å². The van der Waals surface area contributed by atoms with Crippen LogP contribution in [0.2, 0.25) is 0 Å². The number of nitrogens with zero attached hydrogens (tertiary/aromatic N) is 1. The second kappa shape index (κ2) is 10.5. The molecule has 0 atom stereocenters. The Kier molecular flexibility index (Phi) is 7.45. The Hall–Kier alpha value is -3.32. The van der Waals surface area contributed by atoms with Gasteiger partial charge < -0.3 is 14.8 Å². The Morgan fingerprint density at radius 1 is 1.03 bits per heavy atom. The SMILES string of the molecule is COc1cc(/C=N\Nc2ccc(C)cc2)c(Br)cc1OCC(=O)Nc1ccccc1. The molecule has 0 saturated carbocycles. The van der Waals surface area contributed by atoms with E-state index in [1.54, 1.807) is 25.5 Å². The first kappa shape index (κ1) is 21.4. The van der Waals surface area contributed by atoms with Crippen LogP contribution in [0.1, 0.15) is 11.1 Å². The summed E-state index contributed by atoms with van der Waals surface area (Å²) in [6, 6.07) is 20.7. The average molecular weight is 468 g/mol. The summed E-state index contributed by atoms with van der Waals surface area (Å²) < 4.78 is 11.8. The number of nitrogens with one attached hydrogen (secondary N) is 2. The van der Waals surface area contributed by atoms with E-state index in [1.165, 1.54) is 5.56 Å². The summed E-state index contributed by atoms with van der Waals surface area (Å²) in [5.41, 5.74) is 6.58. The number of hydrogen-bond donors (Lipinski definition) is 2. The van der Waals surface area contributed by atoms with Gasteiger partial charge in [0.15, 0.2) is 18.1 Å². The van der Waals surface area contributed by atoms with Crippen molar-refractivity contribution in [2.75, 3.05) is 24.5 Å². The lowest BCUT2D eigenvalue weighted by Gasteiger charge is -2.13. The summed E-state index contributed by atoms with van der Waals surface area (Å²) in [5.74, 6) is 0.700. The number of carbonyl (C=O) groups is 1. The molecule has 2 N–H and O–H groups in total. The largest absolute Gasteiger partial charge is 0.493 e. The Bertz CT molecular complexity index is 1020. The minimum absolute atomic E-state index is 0.139. The standard InChI is InChI=1S/C23H22BrN3O3/c1-16-8-10-19(11-9-16)27-25-14-17-12-21(29-2)22(13-20(17)24)30-15-23(28)26-18-6-4-3-5-7-18/h3-14,27H,15H2,1-2H3,(H,26,28)/b25-14-. The fourth-order valence-corrected chi connectivity index (χ4v) is 3.01. The minimum atomic E-state index is -0.257. The van der Waals surface area contributed by atoms with Gasteiger partial charge in [0.25, 0.3) is 5.91 Å². The van der Waals surface area contributed by atoms with Gasteiger partial charge in [0.1, 0.15) is 0 Å². The molecule has 0 unspecified atom stereocenters. The van der Waals surface area contributed by atoms with Crippen LogP contribution in [0, 0.1) is 6.92 Å². The zero-order valence-corrected chi connectivity index (χ0v) is 18.3. The number of benzene rings is 3. The van der Waals surface area contributed by atoms with E-state index in [1.807, 2.05) is 61.5 Å². The quantitative estimate of drug-likeness (QED) is 0.351. The van der Waals surface area contributed by atoms with E-state index in [9.17, 15) is 4.79 Å². The normalized spacial score (nSPS) is 10.6. The van der Waals surface area contributed by atoms with Gasteiger partial charge in [-0.25, -0.2) is 0 Å². The molecular weight excluding hydrogens is 446 g/mol. The molecule has 0 bridgehead atoms. The topological polar surface area (TPSA) is 71.9 Å². The van der Waals surface area contributed by atoms with Crippen LogP contribution in [0.3, 0.4) is 0 Å². The maximum atomic E-state index is 12.1. The lowest BCUT2D eigenvalue weighted by molar-refractivity contribution is -0.118. The number of aryl methyl sites for hydroxylation is 1. The van der Waals surface area contributed by atoms with Crippen molar-refractivity contribution in [2.45, 2.75) is 6.92 Å². The van der Waals surface area contributed by atoms with Gasteiger partial charge in [0, 0.05) is 15.7 Å². The summed E-state index contributed by atoms with van der Waals surface area (Å²) in [6.07, 6.45) is 1.68. The smallest absolute Gasteiger partial charge is 0.262 e. The van der Waals surface area contributed by atoms with Gasteiger partial charge in [0.05, 0.1) is 19.0 Å². The van der Waals surface area contributed by atoms with Crippen molar-refractivity contribution in [3.05, 3.63) is 82.3 Å². The van der Waals surface area contributed by atoms with Gasteiger partial charge in [-0.3, -0.25) is 10.2 Å². The number of para-hydroxylation sites is 1. The molecule has 6 nitrogen and oxygen atoms in total. The molecule has 0 spiro atoms. The van der Waals surface area contributed by atoms with Crippen molar-refractivity contribution in [1.29, 1.82) is 0 Å². The Morgan fingerprint density at radius 2 is 1.77 bits per heavy atom. The van der Waals surface area contributed by atoms with Crippen LogP contribution in [0.25, 0.3) is 0 Å². The van der Waals surface area contributed by atoms with Gasteiger partial charge in [-0.1, -0.05) is 35.9 Å². The second-order valence-electron chi connectivity index (χ2n) is 6.46. The van der Waals surface area contributed by atoms with E-state index in [0.717, 1.165) is 15.7 Å². The van der Waals surface area contributed by atoms with Crippen LogP contribution < -0.4 is 20.2 Å². The summed E-state index contributed by atoms with van der Waals surface area (Å²) in [5, 5.41) is 7.04. The molecule has 0 fully saturated rings. The molecule has 30 heavy (non-hydrogen) atoms. The van der Waals surface area contributed by atoms with Crippen LogP contribution >= 0.6 is 15.9 Å². The molecule has 0 heterocycles. The van der Waals surface area contributed by atoms with Gasteiger partial charge in [0.2, 0.25) is 0 Å². The Labute approximate surface area is 184 Å². The summed E-state index contributed by atoms with van der Waals surface area (Å²) in [6.45, 7) is 1.89. The summed E-state index contributed by atoms with van der Waals surface area (Å²) in [7, 11) is 1.55. The van der Waals surface area contributed by atoms with E-state index in [2.05, 4.69) is 31.8 Å². The average Bonchev–Trinajstić information content (AvgIpc) is 2.75. The van der Waals surface area contributed by atoms with E-state index in [4.69, 9.17) is 9.47 Å². The number of rotatable bonds is 8. The maximum Gasteiger partial charge on any atom is 0.262 e. The first-order chi connectivity index (χ1) is 14.5. The predicted molar refractivity (Wildman–Crippen MR) is 124 cm³/mol. The molecule has 154 valence electrons. The van der Waals surface area contributed by atoms with Crippen molar-refractivity contribution < 1.29 is 14.3 Å². The van der Waals surface area contributed by atoms with Gasteiger partial charge >= 0.3 is 0 Å². The molecule has 7 heteroatoms. The maximum absolute atomic E-state index is 12.1. The van der Waals surface area contributed by atoms with Crippen LogP contribution in [0.15, 0.2) is 76.3 Å². The van der Waals surface area contributed by atoms with Crippen LogP contribution in [0.5, 0.6) is 11.5 Å². The third-order valence-corrected chi connectivity index (χ3v) is 4.83. The summed E-state index contributed by atoms with van der Waals surface area (Å²) >= 11 is 3.51. The van der Waals surface area contributed by atoms with Crippen molar-refractivity contribution in [2.24, 2.45) is 5.10 Å². The van der Waals surface area contributed by atoms with E-state index in [-0.39, 0.29) is 12.5 Å². The zero-order chi connectivity index (χ0) is 21.3. The second-order valence-corrected chi connectivity index (χ2v) is 7.32. The highest BCUT2D eigenvalue weighted by Gasteiger charge is 2.11. The van der Waals surface area contributed by atoms with Crippen molar-refractivity contribution >= 4 is 39.4 Å². The molecule has 3 aromatic carbocycles. The van der Waals surface area contributed by atoms with E-state index >= 15 is 0 Å². The van der Waals surface area contributed by atoms with Gasteiger partial charge in [-0.2, -0.15) is 5.10 Å². The fraction of sp³-hybridized carbons (Fsp3) is 0.130. The first-order valence-electron chi connectivity index (χ1n) is 9.26. The fourth-order valence-electron chi connectivity index (χ4n) is 2.59. The molecule has 0 radical (unpaired) electrons. The highest BCUT2D eigenvalue weighted by molar-refractivity contribution is 9.10. The molecule has 3 aromatic rings. The molecule has 1 amide bonds. The van der Waals surface area contributed by atoms with Gasteiger partial charge in [-0.15, -0.1) is 0 Å². The molecule has 0 aliphatic carbocycles. The molecule has 3 rings (SSSR count). The highest BCUT2D eigenvalue weighted by atomic mass is 79.9. The number of hydrogen-bond acceptors (Lipinski definition) is 5. The van der Waals surface area contributed by atoms with Crippen LogP contribution in [0.4, 0.5) is 11.4 Å². The Morgan fingerprint density at radius 3 is 2.47 bits per heavy atom. The molecule has 0 aliphatic heterocycles. The first-order valence-corrected chi connectivity index (χ1v) is 10.1. The molecule has 0 aliphatic rings. The lowest BCUT2D eigenvalue weighted by Crippen LogP contribution is -2.20. The molecular formula is C23H22BrN3O3. The third-order valence-electron chi connectivity index (χ3n) is 4.15. The van der Waals surface area contributed by atoms with Crippen LogP contribution in [-0.2, 0) is 4.79 Å². The molecule has 0 aromatic heterocycles. The lowest BCUT2D eigenvalue weighted by atomic mass is 10.2. The van der Waals surface area contributed by atoms with Crippen molar-refractivity contribution in [1.82, 2.24) is 0 Å². The predicted octanol–water partition coefficient (Wildman–Crippen LogP) is 5.23. The number of carbonyl (C=O) groups excluding carboxylic acids is 1. The zero-order valence-electron chi connectivity index (χ0n) is 16.7. The van der Waals surface area contributed by atoms with Gasteiger partial charge in [-0.05, 0) is 59.3 Å². The van der Waals surface area contributed by atoms with Crippen molar-refractivity contribution in [3.63, 3.8) is 0 Å². The highest BCUT2D eigenvalue weighted by Crippen LogP contribution is 2.33. The Balaban J connectivity index is 1.63. The number of hydrazone groups is 1. The number of ether oxygens (including phenoxy) is 2. The monoisotopic (exact) mass is 467 g/mol. The number of halogens is 1. The van der Waals surface area contributed by atoms with Crippen molar-refractivity contribution in [3.8, 4) is 11.5 Å².